The lowest BCUT2D eigenvalue weighted by atomic mass is 10.1. The second-order valence-corrected chi connectivity index (χ2v) is 7.56. The Morgan fingerprint density at radius 3 is 1.43 bits per heavy atom. The zero-order valence-corrected chi connectivity index (χ0v) is 19.8. The van der Waals surface area contributed by atoms with Crippen molar-refractivity contribution in [1.82, 2.24) is 0 Å². The van der Waals surface area contributed by atoms with Gasteiger partial charge in [0.1, 0.15) is 13.2 Å². The van der Waals surface area contributed by atoms with E-state index >= 15 is 0 Å². The minimum atomic E-state index is -0.705. The monoisotopic (exact) mass is 610 g/mol. The van der Waals surface area contributed by atoms with Gasteiger partial charge in [0.25, 0.3) is 0 Å². The number of rotatable bonds is 12. The molecule has 2 aromatic carbocycles. The Labute approximate surface area is 193 Å². The lowest BCUT2D eigenvalue weighted by Gasteiger charge is -2.16. The molecule has 0 radical (unpaired) electrons. The number of hydrogen-bond donors (Lipinski definition) is 0. The molecule has 2 unspecified atom stereocenters. The van der Waals surface area contributed by atoms with Gasteiger partial charge in [-0.15, -0.1) is 0 Å². The number of hydrogen-bond acceptors (Lipinski definition) is 5. The summed E-state index contributed by atoms with van der Waals surface area (Å²) >= 11 is 4.56. The largest absolute Gasteiger partial charge is 0.508 e. The smallest absolute Gasteiger partial charge is 0.432 e. The van der Waals surface area contributed by atoms with Gasteiger partial charge in [0, 0.05) is 8.86 Å². The van der Waals surface area contributed by atoms with Gasteiger partial charge in [-0.3, -0.25) is 0 Å². The molecule has 0 saturated carbocycles. The molecule has 0 fully saturated rings. The van der Waals surface area contributed by atoms with Crippen LogP contribution in [-0.4, -0.2) is 41.4 Å². The predicted molar refractivity (Wildman–Crippen MR) is 125 cm³/mol. The van der Waals surface area contributed by atoms with Crippen LogP contribution in [-0.2, 0) is 18.9 Å². The first-order chi connectivity index (χ1) is 13.7. The lowest BCUT2D eigenvalue weighted by Crippen LogP contribution is -2.17. The maximum Gasteiger partial charge on any atom is 0.508 e. The Bertz CT molecular complexity index is 612. The molecular formula is C21H24I2O5. The summed E-state index contributed by atoms with van der Waals surface area (Å²) in [5.74, 6) is 0. The van der Waals surface area contributed by atoms with E-state index in [9.17, 15) is 4.79 Å². The SMILES string of the molecule is O=C(OCCOC(CI)c1ccccc1)OCCOC(CI)c1ccccc1. The summed E-state index contributed by atoms with van der Waals surface area (Å²) in [4.78, 5) is 11.7. The Morgan fingerprint density at radius 2 is 1.07 bits per heavy atom. The summed E-state index contributed by atoms with van der Waals surface area (Å²) in [6.45, 7) is 0.943. The standard InChI is InChI=1S/C21H24I2O5/c22-15-19(17-7-3-1-4-8-17)25-11-13-27-21(24)28-14-12-26-20(16-23)18-9-5-2-6-10-18/h1-10,19-20H,11-16H2. The minimum Gasteiger partial charge on any atom is -0.432 e. The number of carbonyl (C=O) groups is 1. The molecule has 5 nitrogen and oxygen atoms in total. The van der Waals surface area contributed by atoms with E-state index in [1.807, 2.05) is 60.7 Å². The van der Waals surface area contributed by atoms with Crippen molar-refractivity contribution in [3.8, 4) is 0 Å². The topological polar surface area (TPSA) is 54.0 Å². The quantitative estimate of drug-likeness (QED) is 0.137. The third-order valence-electron chi connectivity index (χ3n) is 3.87. The molecule has 0 bridgehead atoms. The van der Waals surface area contributed by atoms with E-state index in [0.29, 0.717) is 13.2 Å². The molecule has 28 heavy (non-hydrogen) atoms. The Morgan fingerprint density at radius 1 is 0.679 bits per heavy atom. The molecule has 152 valence electrons. The van der Waals surface area contributed by atoms with Crippen molar-refractivity contribution in [2.45, 2.75) is 12.2 Å². The number of carbonyl (C=O) groups excluding carboxylic acids is 1. The van der Waals surface area contributed by atoms with Gasteiger partial charge in [-0.1, -0.05) is 106 Å². The van der Waals surface area contributed by atoms with Crippen molar-refractivity contribution >= 4 is 51.3 Å². The van der Waals surface area contributed by atoms with Crippen molar-refractivity contribution < 1.29 is 23.7 Å². The summed E-state index contributed by atoms with van der Waals surface area (Å²) in [6.07, 6.45) is -0.736. The maximum absolute atomic E-state index is 11.7. The first kappa shape index (κ1) is 23.4. The second-order valence-electron chi connectivity index (χ2n) is 5.80. The number of benzene rings is 2. The van der Waals surface area contributed by atoms with E-state index in [2.05, 4.69) is 45.2 Å². The number of ether oxygens (including phenoxy) is 4. The molecule has 2 atom stereocenters. The molecule has 2 aromatic rings. The Hall–Kier alpha value is -0.910. The molecule has 0 aromatic heterocycles. The fourth-order valence-corrected chi connectivity index (χ4v) is 3.99. The fourth-order valence-electron chi connectivity index (χ4n) is 2.47. The summed E-state index contributed by atoms with van der Waals surface area (Å²) in [5.41, 5.74) is 2.22. The van der Waals surface area contributed by atoms with Crippen molar-refractivity contribution in [3.63, 3.8) is 0 Å². The van der Waals surface area contributed by atoms with E-state index in [0.717, 1.165) is 20.0 Å². The van der Waals surface area contributed by atoms with Crippen LogP contribution in [0.15, 0.2) is 60.7 Å². The van der Waals surface area contributed by atoms with E-state index < -0.39 is 6.16 Å². The molecule has 0 aliphatic heterocycles. The zero-order chi connectivity index (χ0) is 20.0. The van der Waals surface area contributed by atoms with Crippen LogP contribution in [0, 0.1) is 0 Å². The van der Waals surface area contributed by atoms with Crippen LogP contribution in [0.2, 0.25) is 0 Å². The second kappa shape index (κ2) is 14.1. The Balaban J connectivity index is 1.57. The lowest BCUT2D eigenvalue weighted by molar-refractivity contribution is -0.0100. The minimum absolute atomic E-state index is 0.0157. The maximum atomic E-state index is 11.7. The summed E-state index contributed by atoms with van der Waals surface area (Å²) < 4.78 is 23.3. The molecule has 0 amide bonds. The predicted octanol–water partition coefficient (Wildman–Crippen LogP) is 5.53. The summed E-state index contributed by atoms with van der Waals surface area (Å²) in [5, 5.41) is 0. The van der Waals surface area contributed by atoms with Gasteiger partial charge in [-0.05, 0) is 11.1 Å². The third kappa shape index (κ3) is 8.62. The van der Waals surface area contributed by atoms with Gasteiger partial charge in [-0.2, -0.15) is 0 Å². The fraction of sp³-hybridized carbons (Fsp3) is 0.381. The number of alkyl halides is 2. The number of halogens is 2. The van der Waals surface area contributed by atoms with Gasteiger partial charge >= 0.3 is 6.16 Å². The van der Waals surface area contributed by atoms with Crippen LogP contribution in [0.3, 0.4) is 0 Å². The van der Waals surface area contributed by atoms with Crippen LogP contribution >= 0.6 is 45.2 Å². The molecular weight excluding hydrogens is 586 g/mol. The summed E-state index contributed by atoms with van der Waals surface area (Å²) in [6, 6.07) is 20.0. The average Bonchev–Trinajstić information content (AvgIpc) is 2.75. The highest BCUT2D eigenvalue weighted by molar-refractivity contribution is 14.1. The first-order valence-corrected chi connectivity index (χ1v) is 12.0. The molecule has 0 aliphatic carbocycles. The van der Waals surface area contributed by atoms with Crippen LogP contribution in [0.1, 0.15) is 23.3 Å². The zero-order valence-electron chi connectivity index (χ0n) is 15.5. The van der Waals surface area contributed by atoms with Crippen LogP contribution in [0.25, 0.3) is 0 Å². The van der Waals surface area contributed by atoms with E-state index in [1.165, 1.54) is 0 Å². The molecule has 0 spiro atoms. The van der Waals surface area contributed by atoms with Crippen molar-refractivity contribution in [2.75, 3.05) is 35.3 Å². The highest BCUT2D eigenvalue weighted by atomic mass is 127. The van der Waals surface area contributed by atoms with Gasteiger partial charge < -0.3 is 18.9 Å². The first-order valence-electron chi connectivity index (χ1n) is 8.99. The molecule has 2 rings (SSSR count). The highest BCUT2D eigenvalue weighted by Gasteiger charge is 2.12. The van der Waals surface area contributed by atoms with E-state index in [4.69, 9.17) is 18.9 Å². The Kier molecular flexibility index (Phi) is 11.8. The van der Waals surface area contributed by atoms with Crippen LogP contribution < -0.4 is 0 Å². The van der Waals surface area contributed by atoms with Gasteiger partial charge in [0.15, 0.2) is 0 Å². The van der Waals surface area contributed by atoms with Gasteiger partial charge in [0.2, 0.25) is 0 Å². The molecule has 0 aliphatic rings. The van der Waals surface area contributed by atoms with Crippen LogP contribution in [0.4, 0.5) is 4.79 Å². The van der Waals surface area contributed by atoms with Crippen molar-refractivity contribution in [3.05, 3.63) is 71.8 Å². The van der Waals surface area contributed by atoms with E-state index in [-0.39, 0.29) is 25.4 Å². The van der Waals surface area contributed by atoms with Gasteiger partial charge in [0.05, 0.1) is 25.4 Å². The van der Waals surface area contributed by atoms with Crippen LogP contribution in [0.5, 0.6) is 0 Å². The van der Waals surface area contributed by atoms with Gasteiger partial charge in [-0.25, -0.2) is 4.79 Å². The average molecular weight is 610 g/mol. The van der Waals surface area contributed by atoms with Crippen molar-refractivity contribution in [1.29, 1.82) is 0 Å². The van der Waals surface area contributed by atoms with E-state index in [1.54, 1.807) is 0 Å². The summed E-state index contributed by atoms with van der Waals surface area (Å²) in [7, 11) is 0. The highest BCUT2D eigenvalue weighted by Crippen LogP contribution is 2.20. The molecule has 0 N–H and O–H groups in total. The molecule has 7 heteroatoms. The molecule has 0 heterocycles. The third-order valence-corrected chi connectivity index (χ3v) is 5.47. The van der Waals surface area contributed by atoms with Crippen molar-refractivity contribution in [2.24, 2.45) is 0 Å². The molecule has 0 saturated heterocycles. The normalized spacial score (nSPS) is 12.9.